The van der Waals surface area contributed by atoms with Crippen LogP contribution >= 0.6 is 0 Å². The van der Waals surface area contributed by atoms with Gasteiger partial charge in [0.15, 0.2) is 5.69 Å². The van der Waals surface area contributed by atoms with Gasteiger partial charge in [-0.05, 0) is 49.6 Å². The summed E-state index contributed by atoms with van der Waals surface area (Å²) < 4.78 is 13.3. The molecule has 2 amide bonds. The van der Waals surface area contributed by atoms with Crippen molar-refractivity contribution >= 4 is 17.5 Å². The fraction of sp³-hybridized carbons (Fsp3) is 0.370. The molecule has 8 heteroatoms. The highest BCUT2D eigenvalue weighted by Gasteiger charge is 2.32. The molecule has 3 heterocycles. The van der Waals surface area contributed by atoms with Gasteiger partial charge in [-0.25, -0.2) is 4.98 Å². The summed E-state index contributed by atoms with van der Waals surface area (Å²) in [6, 6.07) is 15.6. The maximum Gasteiger partial charge on any atom is 0.274 e. The van der Waals surface area contributed by atoms with E-state index >= 15 is 0 Å². The molecule has 1 aromatic heterocycles. The summed E-state index contributed by atoms with van der Waals surface area (Å²) in [5.74, 6) is 0.614. The number of likely N-dealkylation sites (tertiary alicyclic amines) is 1. The molecule has 182 valence electrons. The van der Waals surface area contributed by atoms with Crippen LogP contribution in [0.1, 0.15) is 46.3 Å². The molecule has 35 heavy (non-hydrogen) atoms. The number of nitrogens with one attached hydrogen (secondary N) is 1. The van der Waals surface area contributed by atoms with E-state index in [0.717, 1.165) is 28.3 Å². The quantitative estimate of drug-likeness (QED) is 0.605. The highest BCUT2D eigenvalue weighted by Crippen LogP contribution is 2.30. The minimum absolute atomic E-state index is 0.0123. The van der Waals surface area contributed by atoms with Crippen molar-refractivity contribution in [1.29, 1.82) is 0 Å². The SMILES string of the molecule is COc1ccc([C@H]2Cn3cnc(C(=O)N4CCC(C(=O)Nc5ccc(C)cc5)CC4)c3CO2)cc1. The van der Waals surface area contributed by atoms with Gasteiger partial charge in [0.1, 0.15) is 11.9 Å². The summed E-state index contributed by atoms with van der Waals surface area (Å²) >= 11 is 0. The molecule has 5 rings (SSSR count). The van der Waals surface area contributed by atoms with E-state index in [2.05, 4.69) is 10.3 Å². The van der Waals surface area contributed by atoms with Crippen LogP contribution in [0, 0.1) is 12.8 Å². The number of fused-ring (bicyclic) bond motifs is 1. The predicted molar refractivity (Wildman–Crippen MR) is 131 cm³/mol. The molecule has 1 saturated heterocycles. The van der Waals surface area contributed by atoms with Crippen molar-refractivity contribution in [3.8, 4) is 5.75 Å². The molecular formula is C27H30N4O4. The van der Waals surface area contributed by atoms with Gasteiger partial charge in [-0.15, -0.1) is 0 Å². The number of anilines is 1. The predicted octanol–water partition coefficient (Wildman–Crippen LogP) is 3.96. The van der Waals surface area contributed by atoms with Gasteiger partial charge >= 0.3 is 0 Å². The monoisotopic (exact) mass is 474 g/mol. The average molecular weight is 475 g/mol. The van der Waals surface area contributed by atoms with Crippen molar-refractivity contribution < 1.29 is 19.1 Å². The van der Waals surface area contributed by atoms with E-state index in [1.54, 1.807) is 18.3 Å². The molecule has 1 N–H and O–H groups in total. The first-order valence-electron chi connectivity index (χ1n) is 12.0. The van der Waals surface area contributed by atoms with E-state index < -0.39 is 0 Å². The van der Waals surface area contributed by atoms with Crippen molar-refractivity contribution in [3.63, 3.8) is 0 Å². The lowest BCUT2D eigenvalue weighted by Crippen LogP contribution is -2.42. The van der Waals surface area contributed by atoms with E-state index in [4.69, 9.17) is 9.47 Å². The molecule has 3 aromatic rings. The van der Waals surface area contributed by atoms with Gasteiger partial charge in [0, 0.05) is 24.7 Å². The van der Waals surface area contributed by atoms with Crippen molar-refractivity contribution in [2.24, 2.45) is 5.92 Å². The topological polar surface area (TPSA) is 85.7 Å². The Kier molecular flexibility index (Phi) is 6.55. The number of amides is 2. The third kappa shape index (κ3) is 4.93. The molecule has 2 aromatic carbocycles. The van der Waals surface area contributed by atoms with Crippen molar-refractivity contribution in [3.05, 3.63) is 77.4 Å². The van der Waals surface area contributed by atoms with Gasteiger partial charge in [-0.1, -0.05) is 29.8 Å². The van der Waals surface area contributed by atoms with Gasteiger partial charge in [0.05, 0.1) is 32.3 Å². The van der Waals surface area contributed by atoms with Crippen LogP contribution in [0.3, 0.4) is 0 Å². The Morgan fingerprint density at radius 2 is 1.77 bits per heavy atom. The number of hydrogen-bond acceptors (Lipinski definition) is 5. The Bertz CT molecular complexity index is 1190. The van der Waals surface area contributed by atoms with Crippen LogP contribution in [0.15, 0.2) is 54.9 Å². The van der Waals surface area contributed by atoms with E-state index in [9.17, 15) is 9.59 Å². The molecular weight excluding hydrogens is 444 g/mol. The lowest BCUT2D eigenvalue weighted by molar-refractivity contribution is -0.121. The molecule has 8 nitrogen and oxygen atoms in total. The van der Waals surface area contributed by atoms with Crippen molar-refractivity contribution in [2.75, 3.05) is 25.5 Å². The lowest BCUT2D eigenvalue weighted by atomic mass is 9.95. The Morgan fingerprint density at radius 3 is 2.46 bits per heavy atom. The van der Waals surface area contributed by atoms with E-state index in [1.807, 2.05) is 60.0 Å². The molecule has 0 saturated carbocycles. The van der Waals surface area contributed by atoms with E-state index in [1.165, 1.54) is 0 Å². The van der Waals surface area contributed by atoms with Crippen LogP contribution in [0.5, 0.6) is 5.75 Å². The highest BCUT2D eigenvalue weighted by atomic mass is 16.5. The Hall–Kier alpha value is -3.65. The van der Waals surface area contributed by atoms with Crippen LogP contribution in [-0.4, -0.2) is 46.5 Å². The summed E-state index contributed by atoms with van der Waals surface area (Å²) in [4.78, 5) is 32.2. The molecule has 0 aliphatic carbocycles. The Balaban J connectivity index is 1.18. The van der Waals surface area contributed by atoms with Gasteiger partial charge in [0.25, 0.3) is 5.91 Å². The van der Waals surface area contributed by atoms with Crippen LogP contribution in [0.25, 0.3) is 0 Å². The van der Waals surface area contributed by atoms with Crippen LogP contribution in [0.4, 0.5) is 5.69 Å². The highest BCUT2D eigenvalue weighted by molar-refractivity contribution is 5.95. The van der Waals surface area contributed by atoms with E-state index in [0.29, 0.717) is 44.8 Å². The van der Waals surface area contributed by atoms with Crippen molar-refractivity contribution in [2.45, 2.75) is 39.0 Å². The number of ether oxygens (including phenoxy) is 2. The maximum atomic E-state index is 13.2. The lowest BCUT2D eigenvalue weighted by Gasteiger charge is -2.31. The number of carbonyl (C=O) groups excluding carboxylic acids is 2. The zero-order valence-corrected chi connectivity index (χ0v) is 20.1. The summed E-state index contributed by atoms with van der Waals surface area (Å²) in [6.07, 6.45) is 2.89. The molecule has 0 bridgehead atoms. The molecule has 2 aliphatic heterocycles. The fourth-order valence-corrected chi connectivity index (χ4v) is 4.70. The number of rotatable bonds is 5. The number of piperidine rings is 1. The van der Waals surface area contributed by atoms with Crippen LogP contribution in [0.2, 0.25) is 0 Å². The number of aryl methyl sites for hydroxylation is 1. The van der Waals surface area contributed by atoms with Crippen LogP contribution < -0.4 is 10.1 Å². The molecule has 1 atom stereocenters. The zero-order valence-electron chi connectivity index (χ0n) is 20.1. The summed E-state index contributed by atoms with van der Waals surface area (Å²) in [5.41, 5.74) is 4.26. The fourth-order valence-electron chi connectivity index (χ4n) is 4.70. The third-order valence-electron chi connectivity index (χ3n) is 6.89. The second-order valence-electron chi connectivity index (χ2n) is 9.19. The Morgan fingerprint density at radius 1 is 1.06 bits per heavy atom. The minimum Gasteiger partial charge on any atom is -0.497 e. The standard InChI is InChI=1S/C27H30N4O4/c1-18-3-7-21(8-4-18)29-26(32)20-11-13-30(14-12-20)27(33)25-23-16-35-24(15-31(23)17-28-25)19-5-9-22(34-2)10-6-19/h3-10,17,20,24H,11-16H2,1-2H3,(H,29,32)/t24-/m1/s1. The molecule has 1 fully saturated rings. The molecule has 2 aliphatic rings. The first-order chi connectivity index (χ1) is 17.0. The zero-order chi connectivity index (χ0) is 24.4. The number of aromatic nitrogens is 2. The normalized spacial score (nSPS) is 18.1. The van der Waals surface area contributed by atoms with E-state index in [-0.39, 0.29) is 23.8 Å². The van der Waals surface area contributed by atoms with Gasteiger partial charge < -0.3 is 24.3 Å². The number of nitrogens with zero attached hydrogens (tertiary/aromatic N) is 3. The van der Waals surface area contributed by atoms with Crippen molar-refractivity contribution in [1.82, 2.24) is 14.5 Å². The number of carbonyl (C=O) groups is 2. The third-order valence-corrected chi connectivity index (χ3v) is 6.89. The Labute approximate surface area is 204 Å². The number of benzene rings is 2. The average Bonchev–Trinajstić information content (AvgIpc) is 3.33. The minimum atomic E-state index is -0.107. The first-order valence-corrected chi connectivity index (χ1v) is 12.0. The second-order valence-corrected chi connectivity index (χ2v) is 9.19. The summed E-state index contributed by atoms with van der Waals surface area (Å²) in [5, 5.41) is 2.99. The van der Waals surface area contributed by atoms with Gasteiger partial charge in [-0.2, -0.15) is 0 Å². The van der Waals surface area contributed by atoms with Crippen LogP contribution in [-0.2, 0) is 22.7 Å². The second kappa shape index (κ2) is 9.92. The maximum absolute atomic E-state index is 13.2. The number of hydrogen-bond donors (Lipinski definition) is 1. The summed E-state index contributed by atoms with van der Waals surface area (Å²) in [7, 11) is 1.64. The smallest absolute Gasteiger partial charge is 0.274 e. The summed E-state index contributed by atoms with van der Waals surface area (Å²) in [6.45, 7) is 4.01. The number of methoxy groups -OCH3 is 1. The molecule has 0 radical (unpaired) electrons. The molecule has 0 unspecified atom stereocenters. The number of imidazole rings is 1. The molecule has 0 spiro atoms. The largest absolute Gasteiger partial charge is 0.497 e. The first kappa shape index (κ1) is 23.1. The van der Waals surface area contributed by atoms with Gasteiger partial charge in [-0.3, -0.25) is 9.59 Å². The van der Waals surface area contributed by atoms with Gasteiger partial charge in [0.2, 0.25) is 5.91 Å².